The highest BCUT2D eigenvalue weighted by atomic mass is 35.5. The monoisotopic (exact) mass is 337 g/mol. The Labute approximate surface area is 140 Å². The van der Waals surface area contributed by atoms with Crippen LogP contribution in [0.2, 0.25) is 0 Å². The fourth-order valence-electron chi connectivity index (χ4n) is 4.05. The lowest BCUT2D eigenvalue weighted by Gasteiger charge is -2.44. The molecule has 1 aliphatic carbocycles. The van der Waals surface area contributed by atoms with Crippen LogP contribution in [0.15, 0.2) is 0 Å². The van der Waals surface area contributed by atoms with Crippen LogP contribution in [0.4, 0.5) is 0 Å². The summed E-state index contributed by atoms with van der Waals surface area (Å²) in [5.74, 6) is 0.796. The minimum Gasteiger partial charge on any atom is -0.340 e. The number of piperidine rings is 1. The Morgan fingerprint density at radius 2 is 1.81 bits per heavy atom. The predicted octanol–water partition coefficient (Wildman–Crippen LogP) is 2.04. The Hall–Kier alpha value is -0.0300. The van der Waals surface area contributed by atoms with Crippen molar-refractivity contribution in [3.05, 3.63) is 0 Å². The van der Waals surface area contributed by atoms with Crippen LogP contribution in [0.25, 0.3) is 0 Å². The Morgan fingerprint density at radius 3 is 2.52 bits per heavy atom. The molecule has 0 aromatic heterocycles. The number of nitrogens with two attached hydrogens (primary N) is 1. The highest BCUT2D eigenvalue weighted by Crippen LogP contribution is 2.28. The SMILES string of the molecule is Cl.Cl.N[C@@H]1CCC[C@H]1CC(=O)N1CCN2CCCCC2C1. The van der Waals surface area contributed by atoms with Crippen molar-refractivity contribution in [3.63, 3.8) is 0 Å². The summed E-state index contributed by atoms with van der Waals surface area (Å²) in [4.78, 5) is 17.1. The lowest BCUT2D eigenvalue weighted by molar-refractivity contribution is -0.135. The predicted molar refractivity (Wildman–Crippen MR) is 90.2 cm³/mol. The van der Waals surface area contributed by atoms with Gasteiger partial charge in [-0.15, -0.1) is 24.8 Å². The van der Waals surface area contributed by atoms with Crippen molar-refractivity contribution in [2.45, 2.75) is 57.0 Å². The smallest absolute Gasteiger partial charge is 0.223 e. The van der Waals surface area contributed by atoms with Crippen molar-refractivity contribution in [1.29, 1.82) is 0 Å². The molecule has 2 N–H and O–H groups in total. The number of amides is 1. The highest BCUT2D eigenvalue weighted by molar-refractivity contribution is 5.85. The molecule has 1 amide bonds. The summed E-state index contributed by atoms with van der Waals surface area (Å²) >= 11 is 0. The number of carbonyl (C=O) groups excluding carboxylic acids is 1. The fraction of sp³-hybridized carbons (Fsp3) is 0.933. The van der Waals surface area contributed by atoms with E-state index in [9.17, 15) is 4.79 Å². The largest absolute Gasteiger partial charge is 0.340 e. The van der Waals surface area contributed by atoms with Crippen molar-refractivity contribution >= 4 is 30.7 Å². The lowest BCUT2D eigenvalue weighted by Crippen LogP contribution is -2.56. The van der Waals surface area contributed by atoms with E-state index in [4.69, 9.17) is 5.73 Å². The molecule has 1 saturated carbocycles. The molecule has 2 saturated heterocycles. The zero-order chi connectivity index (χ0) is 13.2. The average Bonchev–Trinajstić information content (AvgIpc) is 2.84. The van der Waals surface area contributed by atoms with Gasteiger partial charge in [-0.05, 0) is 38.1 Å². The molecule has 1 unspecified atom stereocenters. The number of piperazine rings is 1. The van der Waals surface area contributed by atoms with Crippen LogP contribution < -0.4 is 5.73 Å². The molecule has 3 atom stereocenters. The van der Waals surface area contributed by atoms with Crippen molar-refractivity contribution in [2.24, 2.45) is 11.7 Å². The van der Waals surface area contributed by atoms with Gasteiger partial charge in [-0.2, -0.15) is 0 Å². The number of nitrogens with zero attached hydrogens (tertiary/aromatic N) is 2. The number of halogens is 2. The third-order valence-electron chi connectivity index (χ3n) is 5.34. The topological polar surface area (TPSA) is 49.6 Å². The normalized spacial score (nSPS) is 32.8. The minimum absolute atomic E-state index is 0. The van der Waals surface area contributed by atoms with Crippen LogP contribution in [-0.4, -0.2) is 54.0 Å². The third-order valence-corrected chi connectivity index (χ3v) is 5.34. The summed E-state index contributed by atoms with van der Waals surface area (Å²) in [6.07, 6.45) is 8.08. The Balaban J connectivity index is 0.00000110. The molecule has 21 heavy (non-hydrogen) atoms. The van der Waals surface area contributed by atoms with Crippen LogP contribution in [0.1, 0.15) is 44.9 Å². The fourth-order valence-corrected chi connectivity index (χ4v) is 4.05. The van der Waals surface area contributed by atoms with Gasteiger partial charge in [0.05, 0.1) is 0 Å². The summed E-state index contributed by atoms with van der Waals surface area (Å²) < 4.78 is 0. The lowest BCUT2D eigenvalue weighted by atomic mass is 9.97. The van der Waals surface area contributed by atoms with Crippen molar-refractivity contribution in [3.8, 4) is 0 Å². The summed E-state index contributed by atoms with van der Waals surface area (Å²) in [7, 11) is 0. The van der Waals surface area contributed by atoms with E-state index in [1.54, 1.807) is 0 Å². The van der Waals surface area contributed by atoms with Gasteiger partial charge in [-0.25, -0.2) is 0 Å². The van der Waals surface area contributed by atoms with E-state index in [0.29, 0.717) is 24.3 Å². The molecule has 0 spiro atoms. The zero-order valence-electron chi connectivity index (χ0n) is 12.7. The molecule has 0 aromatic carbocycles. The van der Waals surface area contributed by atoms with Crippen LogP contribution in [0, 0.1) is 5.92 Å². The molecule has 2 heterocycles. The van der Waals surface area contributed by atoms with Crippen molar-refractivity contribution in [2.75, 3.05) is 26.2 Å². The maximum absolute atomic E-state index is 12.4. The minimum atomic E-state index is 0. The maximum atomic E-state index is 12.4. The van der Waals surface area contributed by atoms with E-state index >= 15 is 0 Å². The number of rotatable bonds is 2. The summed E-state index contributed by atoms with van der Waals surface area (Å²) in [6, 6.07) is 0.892. The molecule has 2 aliphatic heterocycles. The molecule has 3 rings (SSSR count). The van der Waals surface area contributed by atoms with Gasteiger partial charge in [0.1, 0.15) is 0 Å². The Kier molecular flexibility index (Phi) is 7.75. The van der Waals surface area contributed by atoms with Gasteiger partial charge in [0.25, 0.3) is 0 Å². The van der Waals surface area contributed by atoms with E-state index in [0.717, 1.165) is 32.5 Å². The molecule has 3 aliphatic rings. The van der Waals surface area contributed by atoms with Gasteiger partial charge >= 0.3 is 0 Å². The molecule has 6 heteroatoms. The van der Waals surface area contributed by atoms with Gasteiger partial charge < -0.3 is 10.6 Å². The van der Waals surface area contributed by atoms with Gasteiger partial charge in [0.2, 0.25) is 5.91 Å². The first kappa shape index (κ1) is 19.0. The van der Waals surface area contributed by atoms with Crippen LogP contribution >= 0.6 is 24.8 Å². The van der Waals surface area contributed by atoms with Gasteiger partial charge in [-0.3, -0.25) is 9.69 Å². The molecule has 0 aromatic rings. The van der Waals surface area contributed by atoms with E-state index in [1.165, 1.54) is 32.2 Å². The zero-order valence-corrected chi connectivity index (χ0v) is 14.3. The summed E-state index contributed by atoms with van der Waals surface area (Å²) in [5, 5.41) is 0. The van der Waals surface area contributed by atoms with Crippen molar-refractivity contribution in [1.82, 2.24) is 9.80 Å². The van der Waals surface area contributed by atoms with Crippen molar-refractivity contribution < 1.29 is 4.79 Å². The van der Waals surface area contributed by atoms with E-state index in [-0.39, 0.29) is 30.9 Å². The van der Waals surface area contributed by atoms with Gasteiger partial charge in [0, 0.05) is 38.1 Å². The Bertz CT molecular complexity index is 343. The Morgan fingerprint density at radius 1 is 1.00 bits per heavy atom. The average molecular weight is 338 g/mol. The molecular formula is C15H29Cl2N3O. The quantitative estimate of drug-likeness (QED) is 0.838. The first-order valence-electron chi connectivity index (χ1n) is 8.01. The third kappa shape index (κ3) is 4.47. The molecule has 4 nitrogen and oxygen atoms in total. The summed E-state index contributed by atoms with van der Waals surface area (Å²) in [6.45, 7) is 4.20. The summed E-state index contributed by atoms with van der Waals surface area (Å²) in [5.41, 5.74) is 6.08. The first-order valence-corrected chi connectivity index (χ1v) is 8.01. The van der Waals surface area contributed by atoms with Gasteiger partial charge in [0.15, 0.2) is 0 Å². The van der Waals surface area contributed by atoms with Crippen LogP contribution in [0.5, 0.6) is 0 Å². The standard InChI is InChI=1S/C15H27N3O.2ClH/c16-14-6-3-4-12(14)10-15(19)18-9-8-17-7-2-1-5-13(17)11-18;;/h12-14H,1-11,16H2;2*1H/t12-,13?,14+;;/m0../s1. The van der Waals surface area contributed by atoms with Gasteiger partial charge in [-0.1, -0.05) is 12.8 Å². The molecule has 0 radical (unpaired) electrons. The van der Waals surface area contributed by atoms with E-state index in [1.807, 2.05) is 0 Å². The number of hydrogen-bond donors (Lipinski definition) is 1. The number of carbonyl (C=O) groups is 1. The van der Waals surface area contributed by atoms with E-state index in [2.05, 4.69) is 9.80 Å². The highest BCUT2D eigenvalue weighted by Gasteiger charge is 2.33. The number of hydrogen-bond acceptors (Lipinski definition) is 3. The molecular weight excluding hydrogens is 309 g/mol. The molecule has 3 fully saturated rings. The van der Waals surface area contributed by atoms with Crippen LogP contribution in [0.3, 0.4) is 0 Å². The maximum Gasteiger partial charge on any atom is 0.223 e. The molecule has 0 bridgehead atoms. The number of fused-ring (bicyclic) bond motifs is 1. The molecule has 124 valence electrons. The van der Waals surface area contributed by atoms with Crippen LogP contribution in [-0.2, 0) is 4.79 Å². The second-order valence-corrected chi connectivity index (χ2v) is 6.58. The second kappa shape index (κ2) is 8.56. The first-order chi connectivity index (χ1) is 9.24. The second-order valence-electron chi connectivity index (χ2n) is 6.58. The van der Waals surface area contributed by atoms with E-state index < -0.39 is 0 Å².